The number of halogens is 1. The highest BCUT2D eigenvalue weighted by Gasteiger charge is 2.24. The average molecular weight is 256 g/mol. The van der Waals surface area contributed by atoms with Crippen LogP contribution >= 0.6 is 11.6 Å². The minimum atomic E-state index is -0.140. The molecule has 0 amide bonds. The lowest BCUT2D eigenvalue weighted by molar-refractivity contribution is 0.385. The van der Waals surface area contributed by atoms with Crippen molar-refractivity contribution in [1.29, 1.82) is 0 Å². The number of aromatic nitrogens is 5. The molecule has 0 unspecified atom stereocenters. The van der Waals surface area contributed by atoms with Gasteiger partial charge >= 0.3 is 0 Å². The van der Waals surface area contributed by atoms with Gasteiger partial charge in [0.1, 0.15) is 5.82 Å². The molecule has 0 bridgehead atoms. The molecule has 0 saturated carbocycles. The summed E-state index contributed by atoms with van der Waals surface area (Å²) < 4.78 is 6.70. The monoisotopic (exact) mass is 255 g/mol. The topological polar surface area (TPSA) is 69.6 Å². The highest BCUT2D eigenvalue weighted by atomic mass is 35.5. The van der Waals surface area contributed by atoms with Gasteiger partial charge in [0.05, 0.1) is 6.54 Å². The summed E-state index contributed by atoms with van der Waals surface area (Å²) in [7, 11) is 0. The molecule has 2 aromatic rings. The first-order valence-corrected chi connectivity index (χ1v) is 5.64. The van der Waals surface area contributed by atoms with E-state index in [2.05, 4.69) is 20.3 Å². The maximum atomic E-state index is 6.01. The first kappa shape index (κ1) is 12.0. The summed E-state index contributed by atoms with van der Waals surface area (Å²) in [6.07, 6.45) is 0. The van der Waals surface area contributed by atoms with Crippen molar-refractivity contribution in [3.63, 3.8) is 0 Å². The quantitative estimate of drug-likeness (QED) is 0.821. The van der Waals surface area contributed by atoms with Gasteiger partial charge < -0.3 is 4.52 Å². The number of aryl methyl sites for hydroxylation is 1. The van der Waals surface area contributed by atoms with Gasteiger partial charge in [-0.2, -0.15) is 4.98 Å². The molecule has 2 aromatic heterocycles. The molecule has 0 N–H and O–H groups in total. The molecule has 6 nitrogen and oxygen atoms in total. The Labute approximate surface area is 104 Å². The maximum absolute atomic E-state index is 6.01. The predicted octanol–water partition coefficient (Wildman–Crippen LogP) is 1.97. The summed E-state index contributed by atoms with van der Waals surface area (Å²) in [6, 6.07) is 0. The first-order chi connectivity index (χ1) is 7.88. The van der Waals surface area contributed by atoms with E-state index in [1.54, 1.807) is 11.5 Å². The third-order valence-electron chi connectivity index (χ3n) is 2.25. The summed E-state index contributed by atoms with van der Waals surface area (Å²) >= 11 is 6.01. The van der Waals surface area contributed by atoms with Crippen molar-refractivity contribution in [2.45, 2.75) is 39.7 Å². The zero-order valence-corrected chi connectivity index (χ0v) is 11.0. The summed E-state index contributed by atoms with van der Waals surface area (Å²) in [4.78, 5) is 4.14. The number of hydrogen-bond acceptors (Lipinski definition) is 5. The summed E-state index contributed by atoms with van der Waals surface area (Å²) in [5, 5.41) is 12.1. The minimum absolute atomic E-state index is 0.140. The molecule has 0 radical (unpaired) electrons. The normalized spacial score (nSPS) is 12.1. The van der Waals surface area contributed by atoms with Gasteiger partial charge in [-0.15, -0.1) is 10.2 Å². The Kier molecular flexibility index (Phi) is 2.91. The fraction of sp³-hybridized carbons (Fsp3) is 0.600. The van der Waals surface area contributed by atoms with E-state index >= 15 is 0 Å². The molecule has 17 heavy (non-hydrogen) atoms. The fourth-order valence-electron chi connectivity index (χ4n) is 1.53. The Morgan fingerprint density at radius 1 is 1.29 bits per heavy atom. The van der Waals surface area contributed by atoms with Gasteiger partial charge in [0.15, 0.2) is 5.82 Å². The van der Waals surface area contributed by atoms with Crippen LogP contribution in [-0.2, 0) is 12.0 Å². The molecule has 0 spiro atoms. The SMILES string of the molecule is Cc1nc(Cn2c(Cl)nnc2C(C)(C)C)no1. The standard InChI is InChI=1S/C10H14ClN5O/c1-6-12-7(15-17-6)5-16-8(10(2,3)4)13-14-9(16)11/h5H2,1-4H3. The second-order valence-electron chi connectivity index (χ2n) is 4.86. The van der Waals surface area contributed by atoms with Crippen molar-refractivity contribution in [3.05, 3.63) is 22.8 Å². The Bertz CT molecular complexity index is 525. The minimum Gasteiger partial charge on any atom is -0.340 e. The van der Waals surface area contributed by atoms with Gasteiger partial charge in [-0.05, 0) is 11.6 Å². The number of hydrogen-bond donors (Lipinski definition) is 0. The van der Waals surface area contributed by atoms with Crippen molar-refractivity contribution in [2.24, 2.45) is 0 Å². The molecule has 7 heteroatoms. The second kappa shape index (κ2) is 4.10. The molecule has 0 aliphatic carbocycles. The molecule has 0 fully saturated rings. The Morgan fingerprint density at radius 3 is 2.53 bits per heavy atom. The average Bonchev–Trinajstić information content (AvgIpc) is 2.74. The Morgan fingerprint density at radius 2 is 2.00 bits per heavy atom. The van der Waals surface area contributed by atoms with Crippen LogP contribution in [0.3, 0.4) is 0 Å². The van der Waals surface area contributed by atoms with Crippen LogP contribution in [0.15, 0.2) is 4.52 Å². The lowest BCUT2D eigenvalue weighted by atomic mass is 9.96. The van der Waals surface area contributed by atoms with Crippen molar-refractivity contribution in [3.8, 4) is 0 Å². The summed E-state index contributed by atoms with van der Waals surface area (Å²) in [5.41, 5.74) is -0.140. The molecular weight excluding hydrogens is 242 g/mol. The molecule has 2 rings (SSSR count). The number of rotatable bonds is 2. The lowest BCUT2D eigenvalue weighted by Gasteiger charge is -2.17. The zero-order chi connectivity index (χ0) is 12.6. The Hall–Kier alpha value is -1.43. The largest absolute Gasteiger partial charge is 0.340 e. The molecule has 0 aromatic carbocycles. The van der Waals surface area contributed by atoms with Crippen molar-refractivity contribution in [1.82, 2.24) is 24.9 Å². The van der Waals surface area contributed by atoms with Gasteiger partial charge in [0.25, 0.3) is 0 Å². The Balaban J connectivity index is 2.35. The van der Waals surface area contributed by atoms with E-state index in [-0.39, 0.29) is 5.41 Å². The van der Waals surface area contributed by atoms with Crippen molar-refractivity contribution < 1.29 is 4.52 Å². The summed E-state index contributed by atoms with van der Waals surface area (Å²) in [5.74, 6) is 1.89. The highest BCUT2D eigenvalue weighted by Crippen LogP contribution is 2.23. The van der Waals surface area contributed by atoms with Crippen LogP contribution < -0.4 is 0 Å². The fourth-order valence-corrected chi connectivity index (χ4v) is 1.70. The smallest absolute Gasteiger partial charge is 0.225 e. The maximum Gasteiger partial charge on any atom is 0.225 e. The lowest BCUT2D eigenvalue weighted by Crippen LogP contribution is -2.20. The molecule has 92 valence electrons. The van der Waals surface area contributed by atoms with Gasteiger partial charge in [0, 0.05) is 12.3 Å². The van der Waals surface area contributed by atoms with Gasteiger partial charge in [-0.3, -0.25) is 4.57 Å². The predicted molar refractivity (Wildman–Crippen MR) is 61.9 cm³/mol. The molecular formula is C10H14ClN5O. The van der Waals surface area contributed by atoms with Gasteiger partial charge in [0.2, 0.25) is 11.2 Å². The molecule has 0 aliphatic rings. The van der Waals surface area contributed by atoms with Crippen LogP contribution in [0.2, 0.25) is 5.28 Å². The van der Waals surface area contributed by atoms with Gasteiger partial charge in [-0.25, -0.2) is 0 Å². The molecule has 0 atom stereocenters. The third-order valence-corrected chi connectivity index (χ3v) is 2.53. The van der Waals surface area contributed by atoms with Crippen LogP contribution in [0.4, 0.5) is 0 Å². The van der Waals surface area contributed by atoms with Crippen LogP contribution in [0.25, 0.3) is 0 Å². The third kappa shape index (κ3) is 2.46. The van der Waals surface area contributed by atoms with Crippen LogP contribution in [0.5, 0.6) is 0 Å². The van der Waals surface area contributed by atoms with Crippen molar-refractivity contribution >= 4 is 11.6 Å². The van der Waals surface area contributed by atoms with E-state index in [1.165, 1.54) is 0 Å². The van der Waals surface area contributed by atoms with Crippen molar-refractivity contribution in [2.75, 3.05) is 0 Å². The van der Waals surface area contributed by atoms with E-state index in [9.17, 15) is 0 Å². The summed E-state index contributed by atoms with van der Waals surface area (Å²) in [6.45, 7) is 8.30. The van der Waals surface area contributed by atoms with Gasteiger partial charge in [-0.1, -0.05) is 25.9 Å². The van der Waals surface area contributed by atoms with E-state index in [0.717, 1.165) is 5.82 Å². The van der Waals surface area contributed by atoms with Crippen LogP contribution in [0, 0.1) is 6.92 Å². The molecule has 0 aliphatic heterocycles. The highest BCUT2D eigenvalue weighted by molar-refractivity contribution is 6.28. The van der Waals surface area contributed by atoms with Crippen LogP contribution in [0.1, 0.15) is 38.3 Å². The second-order valence-corrected chi connectivity index (χ2v) is 5.20. The van der Waals surface area contributed by atoms with Crippen LogP contribution in [-0.4, -0.2) is 24.9 Å². The first-order valence-electron chi connectivity index (χ1n) is 5.26. The van der Waals surface area contributed by atoms with E-state index in [1.807, 2.05) is 20.8 Å². The van der Waals surface area contributed by atoms with E-state index in [0.29, 0.717) is 23.5 Å². The molecule has 0 saturated heterocycles. The number of nitrogens with zero attached hydrogens (tertiary/aromatic N) is 5. The van der Waals surface area contributed by atoms with E-state index in [4.69, 9.17) is 16.1 Å². The zero-order valence-electron chi connectivity index (χ0n) is 10.2. The molecule has 2 heterocycles. The van der Waals surface area contributed by atoms with E-state index < -0.39 is 0 Å².